The molecular weight excluding hydrogens is 322 g/mol. The van der Waals surface area contributed by atoms with Gasteiger partial charge in [-0.3, -0.25) is 4.68 Å². The number of benzene rings is 1. The lowest BCUT2D eigenvalue weighted by molar-refractivity contribution is 0.0697. The highest BCUT2D eigenvalue weighted by molar-refractivity contribution is 7.09. The molecule has 0 saturated carbocycles. The maximum atomic E-state index is 10.8. The predicted molar refractivity (Wildman–Crippen MR) is 85.6 cm³/mol. The van der Waals surface area contributed by atoms with Crippen molar-refractivity contribution in [2.45, 2.75) is 13.5 Å². The standard InChI is InChI=1S/C15H12ClN3O2S/c1-9-2-3-10(4-12(9)16)13-8-22-14(18-13)7-19-6-11(5-17-19)15(20)21/h2-6,8H,7H2,1H3,(H,20,21). The monoisotopic (exact) mass is 333 g/mol. The van der Waals surface area contributed by atoms with Crippen molar-refractivity contribution in [3.05, 3.63) is 57.1 Å². The van der Waals surface area contributed by atoms with E-state index in [1.165, 1.54) is 23.7 Å². The number of hydrogen-bond donors (Lipinski definition) is 1. The zero-order valence-corrected chi connectivity index (χ0v) is 13.2. The molecule has 112 valence electrons. The van der Waals surface area contributed by atoms with Gasteiger partial charge >= 0.3 is 5.97 Å². The van der Waals surface area contributed by atoms with Crippen LogP contribution in [0.1, 0.15) is 20.9 Å². The van der Waals surface area contributed by atoms with Gasteiger partial charge in [0.05, 0.1) is 24.0 Å². The van der Waals surface area contributed by atoms with Gasteiger partial charge < -0.3 is 5.11 Å². The Morgan fingerprint density at radius 1 is 1.45 bits per heavy atom. The van der Waals surface area contributed by atoms with E-state index in [1.54, 1.807) is 4.68 Å². The van der Waals surface area contributed by atoms with Crippen LogP contribution in [0.5, 0.6) is 0 Å². The van der Waals surface area contributed by atoms with Gasteiger partial charge in [-0.05, 0) is 18.6 Å². The number of aryl methyl sites for hydroxylation is 1. The number of carboxylic acids is 1. The molecule has 1 aromatic carbocycles. The van der Waals surface area contributed by atoms with Crippen molar-refractivity contribution in [1.82, 2.24) is 14.8 Å². The zero-order chi connectivity index (χ0) is 15.7. The SMILES string of the molecule is Cc1ccc(-c2csc(Cn3cc(C(=O)O)cn3)n2)cc1Cl. The number of rotatable bonds is 4. The molecule has 0 saturated heterocycles. The first-order valence-corrected chi connectivity index (χ1v) is 7.75. The topological polar surface area (TPSA) is 68.0 Å². The first-order chi connectivity index (χ1) is 10.5. The molecular formula is C15H12ClN3O2S. The number of hydrogen-bond acceptors (Lipinski definition) is 4. The van der Waals surface area contributed by atoms with Crippen LogP contribution >= 0.6 is 22.9 Å². The third-order valence-electron chi connectivity index (χ3n) is 3.20. The van der Waals surface area contributed by atoms with Crippen LogP contribution in [0.25, 0.3) is 11.3 Å². The Balaban J connectivity index is 1.80. The fraction of sp³-hybridized carbons (Fsp3) is 0.133. The van der Waals surface area contributed by atoms with E-state index in [0.717, 1.165) is 21.8 Å². The minimum absolute atomic E-state index is 0.169. The summed E-state index contributed by atoms with van der Waals surface area (Å²) in [5.74, 6) is -0.986. The molecule has 0 spiro atoms. The number of halogens is 1. The summed E-state index contributed by atoms with van der Waals surface area (Å²) in [6, 6.07) is 5.84. The van der Waals surface area contributed by atoms with Gasteiger partial charge in [-0.25, -0.2) is 9.78 Å². The molecule has 5 nitrogen and oxygen atoms in total. The van der Waals surface area contributed by atoms with Crippen LogP contribution in [0.2, 0.25) is 5.02 Å². The van der Waals surface area contributed by atoms with Crippen molar-refractivity contribution in [2.75, 3.05) is 0 Å². The molecule has 0 unspecified atom stereocenters. The number of aromatic carboxylic acids is 1. The van der Waals surface area contributed by atoms with Crippen LogP contribution in [0.15, 0.2) is 36.0 Å². The largest absolute Gasteiger partial charge is 0.478 e. The maximum Gasteiger partial charge on any atom is 0.338 e. The van der Waals surface area contributed by atoms with Gasteiger partial charge in [0.1, 0.15) is 5.01 Å². The Morgan fingerprint density at radius 3 is 2.95 bits per heavy atom. The van der Waals surface area contributed by atoms with Crippen molar-refractivity contribution in [1.29, 1.82) is 0 Å². The smallest absolute Gasteiger partial charge is 0.338 e. The molecule has 0 bridgehead atoms. The molecule has 0 amide bonds. The molecule has 3 aromatic rings. The summed E-state index contributed by atoms with van der Waals surface area (Å²) in [5, 5.41) is 16.4. The molecule has 0 aliphatic heterocycles. The van der Waals surface area contributed by atoms with Gasteiger partial charge in [0.2, 0.25) is 0 Å². The molecule has 0 aliphatic carbocycles. The van der Waals surface area contributed by atoms with Crippen molar-refractivity contribution < 1.29 is 9.90 Å². The molecule has 0 aliphatic rings. The summed E-state index contributed by atoms with van der Waals surface area (Å²) in [7, 11) is 0. The molecule has 0 radical (unpaired) electrons. The summed E-state index contributed by atoms with van der Waals surface area (Å²) in [4.78, 5) is 15.4. The molecule has 3 rings (SSSR count). The summed E-state index contributed by atoms with van der Waals surface area (Å²) < 4.78 is 1.56. The molecule has 22 heavy (non-hydrogen) atoms. The maximum absolute atomic E-state index is 10.8. The van der Waals surface area contributed by atoms with Crippen molar-refractivity contribution in [3.8, 4) is 11.3 Å². The van der Waals surface area contributed by atoms with Crippen LogP contribution in [0, 0.1) is 6.92 Å². The van der Waals surface area contributed by atoms with Gasteiger partial charge in [-0.15, -0.1) is 11.3 Å². The van der Waals surface area contributed by atoms with E-state index in [4.69, 9.17) is 16.7 Å². The Bertz CT molecular complexity index is 841. The summed E-state index contributed by atoms with van der Waals surface area (Å²) in [5.41, 5.74) is 3.01. The highest BCUT2D eigenvalue weighted by atomic mass is 35.5. The molecule has 7 heteroatoms. The van der Waals surface area contributed by atoms with Gasteiger partial charge in [-0.2, -0.15) is 5.10 Å². The van der Waals surface area contributed by atoms with Crippen LogP contribution in [-0.2, 0) is 6.54 Å². The number of carboxylic acid groups (broad SMARTS) is 1. The molecule has 2 heterocycles. The van der Waals surface area contributed by atoms with Crippen molar-refractivity contribution in [3.63, 3.8) is 0 Å². The molecule has 1 N–H and O–H groups in total. The Labute approximate surface area is 135 Å². The van der Waals surface area contributed by atoms with E-state index >= 15 is 0 Å². The summed E-state index contributed by atoms with van der Waals surface area (Å²) in [6.07, 6.45) is 2.82. The van der Waals surface area contributed by atoms with E-state index in [1.807, 2.05) is 30.5 Å². The lowest BCUT2D eigenvalue weighted by Gasteiger charge is -2.01. The summed E-state index contributed by atoms with van der Waals surface area (Å²) >= 11 is 7.64. The Hall–Kier alpha value is -2.18. The van der Waals surface area contributed by atoms with Gasteiger partial charge in [0, 0.05) is 22.2 Å². The zero-order valence-electron chi connectivity index (χ0n) is 11.7. The average Bonchev–Trinajstić information content (AvgIpc) is 3.12. The third-order valence-corrected chi connectivity index (χ3v) is 4.44. The minimum Gasteiger partial charge on any atom is -0.478 e. The average molecular weight is 334 g/mol. The number of aromatic nitrogens is 3. The second-order valence-electron chi connectivity index (χ2n) is 4.82. The number of nitrogens with zero attached hydrogens (tertiary/aromatic N) is 3. The number of thiazole rings is 1. The molecule has 0 fully saturated rings. The van der Waals surface area contributed by atoms with Gasteiger partial charge in [-0.1, -0.05) is 23.7 Å². The van der Waals surface area contributed by atoms with Crippen LogP contribution in [0.3, 0.4) is 0 Å². The number of carbonyl (C=O) groups is 1. The Kier molecular flexibility index (Phi) is 3.96. The molecule has 0 atom stereocenters. The lowest BCUT2D eigenvalue weighted by Crippen LogP contribution is -2.00. The first-order valence-electron chi connectivity index (χ1n) is 6.49. The fourth-order valence-electron chi connectivity index (χ4n) is 1.97. The minimum atomic E-state index is -0.986. The quantitative estimate of drug-likeness (QED) is 0.790. The van der Waals surface area contributed by atoms with E-state index in [2.05, 4.69) is 10.1 Å². The van der Waals surface area contributed by atoms with Crippen LogP contribution in [0.4, 0.5) is 0 Å². The third kappa shape index (κ3) is 3.03. The normalized spacial score (nSPS) is 10.8. The van der Waals surface area contributed by atoms with E-state index in [9.17, 15) is 4.79 Å². The molecule has 2 aromatic heterocycles. The fourth-order valence-corrected chi connectivity index (χ4v) is 2.94. The van der Waals surface area contributed by atoms with Crippen molar-refractivity contribution >= 4 is 28.9 Å². The van der Waals surface area contributed by atoms with E-state index < -0.39 is 5.97 Å². The van der Waals surface area contributed by atoms with Crippen LogP contribution < -0.4 is 0 Å². The van der Waals surface area contributed by atoms with E-state index in [0.29, 0.717) is 11.6 Å². The van der Waals surface area contributed by atoms with Crippen molar-refractivity contribution in [2.24, 2.45) is 0 Å². The highest BCUT2D eigenvalue weighted by Crippen LogP contribution is 2.26. The van der Waals surface area contributed by atoms with Gasteiger partial charge in [0.25, 0.3) is 0 Å². The Morgan fingerprint density at radius 2 is 2.27 bits per heavy atom. The summed E-state index contributed by atoms with van der Waals surface area (Å²) in [6.45, 7) is 2.40. The second kappa shape index (κ2) is 5.90. The van der Waals surface area contributed by atoms with E-state index in [-0.39, 0.29) is 5.56 Å². The highest BCUT2D eigenvalue weighted by Gasteiger charge is 2.09. The predicted octanol–water partition coefficient (Wildman–Crippen LogP) is 3.71. The first kappa shape index (κ1) is 14.7. The second-order valence-corrected chi connectivity index (χ2v) is 6.17. The van der Waals surface area contributed by atoms with Crippen LogP contribution in [-0.4, -0.2) is 25.8 Å². The lowest BCUT2D eigenvalue weighted by atomic mass is 10.1. The van der Waals surface area contributed by atoms with Gasteiger partial charge in [0.15, 0.2) is 0 Å².